The van der Waals surface area contributed by atoms with Crippen LogP contribution in [0.25, 0.3) is 0 Å². The van der Waals surface area contributed by atoms with Crippen LogP contribution in [0.1, 0.15) is 4.88 Å². The van der Waals surface area contributed by atoms with Gasteiger partial charge in [-0.05, 0) is 29.6 Å². The van der Waals surface area contributed by atoms with E-state index in [1.54, 1.807) is 23.5 Å². The van der Waals surface area contributed by atoms with Crippen LogP contribution in [0.3, 0.4) is 0 Å². The van der Waals surface area contributed by atoms with Crippen molar-refractivity contribution in [3.63, 3.8) is 0 Å². The van der Waals surface area contributed by atoms with Gasteiger partial charge in [0, 0.05) is 9.35 Å². The molecule has 0 bridgehead atoms. The molecule has 2 N–H and O–H groups in total. The fourth-order valence-electron chi connectivity index (χ4n) is 1.34. The summed E-state index contributed by atoms with van der Waals surface area (Å²) in [6, 6.07) is 8.95. The molecule has 0 saturated carbocycles. The maximum Gasteiger partial charge on any atom is 0.319 e. The molecule has 0 atom stereocenters. The fraction of sp³-hybridized carbons (Fsp3) is 0.0833. The summed E-state index contributed by atoms with van der Waals surface area (Å²) in [6.45, 7) is 0.512. The molecule has 2 amide bonds. The van der Waals surface area contributed by atoms with Crippen molar-refractivity contribution in [2.45, 2.75) is 6.54 Å². The van der Waals surface area contributed by atoms with E-state index in [0.29, 0.717) is 17.3 Å². The molecule has 0 saturated heterocycles. The largest absolute Gasteiger partial charge is 0.333 e. The van der Waals surface area contributed by atoms with Crippen LogP contribution in [0.2, 0.25) is 5.02 Å². The first kappa shape index (κ1) is 13.4. The van der Waals surface area contributed by atoms with Gasteiger partial charge in [-0.15, -0.1) is 11.3 Å². The Morgan fingerprint density at radius 2 is 2.22 bits per heavy atom. The predicted octanol–water partition coefficient (Wildman–Crippen LogP) is 4.49. The van der Waals surface area contributed by atoms with Crippen molar-refractivity contribution in [2.75, 3.05) is 5.32 Å². The van der Waals surface area contributed by atoms with Crippen LogP contribution in [-0.2, 0) is 6.54 Å². The zero-order chi connectivity index (χ0) is 13.0. The Morgan fingerprint density at radius 1 is 1.39 bits per heavy atom. The van der Waals surface area contributed by atoms with Gasteiger partial charge in [0.05, 0.1) is 17.3 Å². The van der Waals surface area contributed by atoms with E-state index < -0.39 is 0 Å². The summed E-state index contributed by atoms with van der Waals surface area (Å²) in [6.07, 6.45) is 0. The standard InChI is InChI=1S/C12H10BrClN2OS/c13-8-3-4-11(10(14)6-8)16-12(17)15-7-9-2-1-5-18-9/h1-6H,7H2,(H2,15,16,17). The molecule has 3 nitrogen and oxygen atoms in total. The van der Waals surface area contributed by atoms with Gasteiger partial charge in [-0.2, -0.15) is 0 Å². The molecular weight excluding hydrogens is 336 g/mol. The van der Waals surface area contributed by atoms with E-state index in [0.717, 1.165) is 9.35 Å². The fourth-order valence-corrected chi connectivity index (χ4v) is 2.70. The lowest BCUT2D eigenvalue weighted by Crippen LogP contribution is -2.27. The van der Waals surface area contributed by atoms with Crippen LogP contribution in [0.15, 0.2) is 40.2 Å². The SMILES string of the molecule is O=C(NCc1cccs1)Nc1ccc(Br)cc1Cl. The molecule has 1 heterocycles. The first-order chi connectivity index (χ1) is 8.65. The van der Waals surface area contributed by atoms with Crippen LogP contribution >= 0.6 is 38.9 Å². The highest BCUT2D eigenvalue weighted by atomic mass is 79.9. The van der Waals surface area contributed by atoms with Gasteiger partial charge in [-0.1, -0.05) is 33.6 Å². The van der Waals surface area contributed by atoms with Crippen LogP contribution in [-0.4, -0.2) is 6.03 Å². The van der Waals surface area contributed by atoms with Crippen molar-refractivity contribution in [3.05, 3.63) is 50.1 Å². The van der Waals surface area contributed by atoms with E-state index in [-0.39, 0.29) is 6.03 Å². The monoisotopic (exact) mass is 344 g/mol. The quantitative estimate of drug-likeness (QED) is 0.845. The second kappa shape index (κ2) is 6.22. The van der Waals surface area contributed by atoms with E-state index in [4.69, 9.17) is 11.6 Å². The van der Waals surface area contributed by atoms with Crippen molar-refractivity contribution in [1.82, 2.24) is 5.32 Å². The van der Waals surface area contributed by atoms with Crippen molar-refractivity contribution >= 4 is 50.6 Å². The predicted molar refractivity (Wildman–Crippen MR) is 79.3 cm³/mol. The molecule has 94 valence electrons. The van der Waals surface area contributed by atoms with Gasteiger partial charge in [0.25, 0.3) is 0 Å². The molecule has 2 aromatic rings. The number of halogens is 2. The highest BCUT2D eigenvalue weighted by molar-refractivity contribution is 9.10. The van der Waals surface area contributed by atoms with Crippen LogP contribution < -0.4 is 10.6 Å². The number of carbonyl (C=O) groups excluding carboxylic acids is 1. The third-order valence-corrected chi connectivity index (χ3v) is 3.86. The van der Waals surface area contributed by atoms with Gasteiger partial charge in [-0.25, -0.2) is 4.79 Å². The Bertz CT molecular complexity index is 545. The van der Waals surface area contributed by atoms with Gasteiger partial charge < -0.3 is 10.6 Å². The Hall–Kier alpha value is -1.04. The minimum Gasteiger partial charge on any atom is -0.333 e. The van der Waals surface area contributed by atoms with E-state index in [1.165, 1.54) is 0 Å². The first-order valence-corrected chi connectivity index (χ1v) is 7.22. The van der Waals surface area contributed by atoms with E-state index in [2.05, 4.69) is 26.6 Å². The van der Waals surface area contributed by atoms with Crippen molar-refractivity contribution in [2.24, 2.45) is 0 Å². The number of hydrogen-bond acceptors (Lipinski definition) is 2. The average molecular weight is 346 g/mol. The molecule has 0 aliphatic carbocycles. The van der Waals surface area contributed by atoms with Gasteiger partial charge in [-0.3, -0.25) is 0 Å². The number of thiophene rings is 1. The zero-order valence-corrected chi connectivity index (χ0v) is 12.4. The minimum atomic E-state index is -0.271. The summed E-state index contributed by atoms with van der Waals surface area (Å²) in [5.41, 5.74) is 0.587. The molecule has 0 spiro atoms. The third-order valence-electron chi connectivity index (χ3n) is 2.18. The maximum absolute atomic E-state index is 11.7. The average Bonchev–Trinajstić information content (AvgIpc) is 2.83. The zero-order valence-electron chi connectivity index (χ0n) is 9.24. The molecule has 18 heavy (non-hydrogen) atoms. The normalized spacial score (nSPS) is 10.1. The lowest BCUT2D eigenvalue weighted by atomic mass is 10.3. The second-order valence-electron chi connectivity index (χ2n) is 3.51. The topological polar surface area (TPSA) is 41.1 Å². The molecule has 0 aliphatic heterocycles. The number of urea groups is 1. The summed E-state index contributed by atoms with van der Waals surface area (Å²) in [4.78, 5) is 12.8. The van der Waals surface area contributed by atoms with Crippen LogP contribution in [0.4, 0.5) is 10.5 Å². The molecular formula is C12H10BrClN2OS. The summed E-state index contributed by atoms with van der Waals surface area (Å²) in [5.74, 6) is 0. The Morgan fingerprint density at radius 3 is 2.89 bits per heavy atom. The highest BCUT2D eigenvalue weighted by Crippen LogP contribution is 2.25. The van der Waals surface area contributed by atoms with Gasteiger partial charge in [0.15, 0.2) is 0 Å². The number of amides is 2. The first-order valence-electron chi connectivity index (χ1n) is 5.17. The third kappa shape index (κ3) is 3.73. The lowest BCUT2D eigenvalue weighted by Gasteiger charge is -2.08. The van der Waals surface area contributed by atoms with Crippen molar-refractivity contribution < 1.29 is 4.79 Å². The summed E-state index contributed by atoms with van der Waals surface area (Å²) >= 11 is 10.9. The molecule has 2 rings (SSSR count). The lowest BCUT2D eigenvalue weighted by molar-refractivity contribution is 0.252. The Labute approximate surface area is 122 Å². The maximum atomic E-state index is 11.7. The molecule has 1 aromatic carbocycles. The number of anilines is 1. The van der Waals surface area contributed by atoms with Crippen LogP contribution in [0, 0.1) is 0 Å². The molecule has 0 unspecified atom stereocenters. The van der Waals surface area contributed by atoms with E-state index in [1.807, 2.05) is 23.6 Å². The Balaban J connectivity index is 1.91. The number of hydrogen-bond donors (Lipinski definition) is 2. The van der Waals surface area contributed by atoms with Gasteiger partial charge >= 0.3 is 6.03 Å². The molecule has 6 heteroatoms. The summed E-state index contributed by atoms with van der Waals surface area (Å²) in [7, 11) is 0. The minimum absolute atomic E-state index is 0.271. The van der Waals surface area contributed by atoms with Gasteiger partial charge in [0.2, 0.25) is 0 Å². The van der Waals surface area contributed by atoms with E-state index in [9.17, 15) is 4.79 Å². The van der Waals surface area contributed by atoms with E-state index >= 15 is 0 Å². The molecule has 0 aliphatic rings. The van der Waals surface area contributed by atoms with Crippen molar-refractivity contribution in [3.8, 4) is 0 Å². The Kier molecular flexibility index (Phi) is 4.63. The molecule has 1 aromatic heterocycles. The number of rotatable bonds is 3. The van der Waals surface area contributed by atoms with Gasteiger partial charge in [0.1, 0.15) is 0 Å². The highest BCUT2D eigenvalue weighted by Gasteiger charge is 2.05. The summed E-state index contributed by atoms with van der Waals surface area (Å²) in [5, 5.41) is 7.94. The second-order valence-corrected chi connectivity index (χ2v) is 5.87. The number of nitrogens with one attached hydrogen (secondary N) is 2. The van der Waals surface area contributed by atoms with Crippen molar-refractivity contribution in [1.29, 1.82) is 0 Å². The molecule has 0 radical (unpaired) electrons. The smallest absolute Gasteiger partial charge is 0.319 e. The van der Waals surface area contributed by atoms with Crippen LogP contribution in [0.5, 0.6) is 0 Å². The number of carbonyl (C=O) groups is 1. The number of benzene rings is 1. The molecule has 0 fully saturated rings. The summed E-state index contributed by atoms with van der Waals surface area (Å²) < 4.78 is 0.872.